The van der Waals surface area contributed by atoms with E-state index in [9.17, 15) is 15.0 Å². The lowest BCUT2D eigenvalue weighted by Crippen LogP contribution is -2.36. The number of phenolic OH excluding ortho intramolecular Hbond substituents is 1. The van der Waals surface area contributed by atoms with E-state index in [-0.39, 0.29) is 5.75 Å². The number of rotatable bonds is 3. The molecule has 0 heterocycles. The van der Waals surface area contributed by atoms with Gasteiger partial charge >= 0.3 is 5.97 Å². The van der Waals surface area contributed by atoms with Gasteiger partial charge in [0.1, 0.15) is 11.9 Å². The third kappa shape index (κ3) is 4.10. The number of ether oxygens (including phenoxy) is 1. The first kappa shape index (κ1) is 14.6. The number of aromatic hydroxyl groups is 1. The average Bonchev–Trinajstić information content (AvgIpc) is 2.41. The number of aliphatic hydroxyl groups is 1. The molecule has 0 radical (unpaired) electrons. The minimum Gasteiger partial charge on any atom is -0.508 e. The van der Waals surface area contributed by atoms with E-state index in [0.717, 1.165) is 12.0 Å². The van der Waals surface area contributed by atoms with Gasteiger partial charge in [-0.25, -0.2) is 4.79 Å². The zero-order valence-electron chi connectivity index (χ0n) is 11.5. The van der Waals surface area contributed by atoms with Gasteiger partial charge in [0.25, 0.3) is 0 Å². The molecule has 1 saturated carbocycles. The van der Waals surface area contributed by atoms with E-state index >= 15 is 0 Å². The molecule has 2 unspecified atom stereocenters. The first-order chi connectivity index (χ1) is 9.54. The Morgan fingerprint density at radius 1 is 1.40 bits per heavy atom. The van der Waals surface area contributed by atoms with Gasteiger partial charge in [-0.3, -0.25) is 0 Å². The molecule has 3 atom stereocenters. The number of hydrogen-bond donors (Lipinski definition) is 2. The van der Waals surface area contributed by atoms with Crippen molar-refractivity contribution in [3.8, 4) is 5.75 Å². The second kappa shape index (κ2) is 6.57. The maximum Gasteiger partial charge on any atom is 0.331 e. The third-order valence-electron chi connectivity index (χ3n) is 3.57. The topological polar surface area (TPSA) is 66.8 Å². The quantitative estimate of drug-likeness (QED) is 0.657. The van der Waals surface area contributed by atoms with Crippen LogP contribution in [0.4, 0.5) is 0 Å². The van der Waals surface area contributed by atoms with Crippen molar-refractivity contribution in [1.29, 1.82) is 0 Å². The molecule has 108 valence electrons. The molecular formula is C16H20O4. The Balaban J connectivity index is 1.91. The van der Waals surface area contributed by atoms with Crippen LogP contribution in [0, 0.1) is 5.92 Å². The number of aliphatic hydroxyl groups excluding tert-OH is 1. The summed E-state index contributed by atoms with van der Waals surface area (Å²) in [6.45, 7) is 2.09. The SMILES string of the molecule is CC1CC[C@H](O)C(OC(=O)/C=C/c2cccc(O)c2)C1. The molecule has 1 aliphatic carbocycles. The summed E-state index contributed by atoms with van der Waals surface area (Å²) in [5.74, 6) is 0.148. The van der Waals surface area contributed by atoms with E-state index in [0.29, 0.717) is 18.8 Å². The molecule has 1 aromatic carbocycles. The van der Waals surface area contributed by atoms with Crippen LogP contribution in [-0.2, 0) is 9.53 Å². The van der Waals surface area contributed by atoms with Crippen molar-refractivity contribution >= 4 is 12.0 Å². The van der Waals surface area contributed by atoms with Crippen molar-refractivity contribution in [1.82, 2.24) is 0 Å². The normalized spacial score (nSPS) is 26.6. The molecule has 4 heteroatoms. The predicted molar refractivity (Wildman–Crippen MR) is 76.0 cm³/mol. The molecule has 2 N–H and O–H groups in total. The highest BCUT2D eigenvalue weighted by Crippen LogP contribution is 2.26. The highest BCUT2D eigenvalue weighted by Gasteiger charge is 2.29. The summed E-state index contributed by atoms with van der Waals surface area (Å²) in [6, 6.07) is 6.60. The van der Waals surface area contributed by atoms with Crippen LogP contribution < -0.4 is 0 Å². The minimum atomic E-state index is -0.565. The number of benzene rings is 1. The van der Waals surface area contributed by atoms with Gasteiger partial charge in [0.2, 0.25) is 0 Å². The molecule has 1 aromatic rings. The summed E-state index contributed by atoms with van der Waals surface area (Å²) < 4.78 is 5.29. The van der Waals surface area contributed by atoms with E-state index in [1.807, 2.05) is 0 Å². The van der Waals surface area contributed by atoms with E-state index in [2.05, 4.69) is 6.92 Å². The second-order valence-corrected chi connectivity index (χ2v) is 5.39. The van der Waals surface area contributed by atoms with Gasteiger partial charge in [0.15, 0.2) is 0 Å². The van der Waals surface area contributed by atoms with E-state index in [1.165, 1.54) is 6.08 Å². The molecule has 0 aliphatic heterocycles. The first-order valence-electron chi connectivity index (χ1n) is 6.90. The number of carbonyl (C=O) groups is 1. The van der Waals surface area contributed by atoms with Crippen LogP contribution in [0.25, 0.3) is 6.08 Å². The van der Waals surface area contributed by atoms with Crippen molar-refractivity contribution in [3.63, 3.8) is 0 Å². The van der Waals surface area contributed by atoms with Gasteiger partial charge in [-0.1, -0.05) is 19.1 Å². The van der Waals surface area contributed by atoms with Gasteiger partial charge < -0.3 is 14.9 Å². The summed E-state index contributed by atoms with van der Waals surface area (Å²) in [7, 11) is 0. The van der Waals surface area contributed by atoms with Crippen LogP contribution in [0.2, 0.25) is 0 Å². The highest BCUT2D eigenvalue weighted by atomic mass is 16.6. The van der Waals surface area contributed by atoms with Gasteiger partial charge in [-0.15, -0.1) is 0 Å². The van der Waals surface area contributed by atoms with Gasteiger partial charge in [-0.05, 0) is 49.0 Å². The van der Waals surface area contributed by atoms with Gasteiger partial charge in [0, 0.05) is 6.08 Å². The molecule has 0 saturated heterocycles. The summed E-state index contributed by atoms with van der Waals surface area (Å²) in [5, 5.41) is 19.1. The Labute approximate surface area is 118 Å². The van der Waals surface area contributed by atoms with Crippen molar-refractivity contribution in [2.75, 3.05) is 0 Å². The Morgan fingerprint density at radius 2 is 2.20 bits per heavy atom. The molecular weight excluding hydrogens is 256 g/mol. The Kier molecular flexibility index (Phi) is 4.79. The van der Waals surface area contributed by atoms with Crippen LogP contribution in [0.15, 0.2) is 30.3 Å². The van der Waals surface area contributed by atoms with Crippen molar-refractivity contribution in [2.24, 2.45) is 5.92 Å². The third-order valence-corrected chi connectivity index (χ3v) is 3.57. The minimum absolute atomic E-state index is 0.150. The summed E-state index contributed by atoms with van der Waals surface area (Å²) >= 11 is 0. The van der Waals surface area contributed by atoms with Gasteiger partial charge in [-0.2, -0.15) is 0 Å². The van der Waals surface area contributed by atoms with Crippen molar-refractivity contribution < 1.29 is 19.7 Å². The lowest BCUT2D eigenvalue weighted by Gasteiger charge is -2.30. The van der Waals surface area contributed by atoms with Crippen molar-refractivity contribution in [2.45, 2.75) is 38.4 Å². The fourth-order valence-corrected chi connectivity index (χ4v) is 2.42. The molecule has 1 aliphatic rings. The smallest absolute Gasteiger partial charge is 0.331 e. The molecule has 2 rings (SSSR count). The maximum atomic E-state index is 11.7. The summed E-state index contributed by atoms with van der Waals surface area (Å²) in [5.41, 5.74) is 0.722. The zero-order chi connectivity index (χ0) is 14.5. The lowest BCUT2D eigenvalue weighted by molar-refractivity contribution is -0.152. The van der Waals surface area contributed by atoms with E-state index in [4.69, 9.17) is 4.74 Å². The molecule has 1 fully saturated rings. The van der Waals surface area contributed by atoms with Crippen LogP contribution >= 0.6 is 0 Å². The molecule has 4 nitrogen and oxygen atoms in total. The zero-order valence-corrected chi connectivity index (χ0v) is 11.5. The number of hydrogen-bond acceptors (Lipinski definition) is 4. The first-order valence-corrected chi connectivity index (χ1v) is 6.90. The Morgan fingerprint density at radius 3 is 2.95 bits per heavy atom. The maximum absolute atomic E-state index is 11.7. The van der Waals surface area contributed by atoms with Crippen LogP contribution in [0.1, 0.15) is 31.7 Å². The highest BCUT2D eigenvalue weighted by molar-refractivity contribution is 5.87. The van der Waals surface area contributed by atoms with Crippen LogP contribution in [0.3, 0.4) is 0 Å². The average molecular weight is 276 g/mol. The number of carbonyl (C=O) groups excluding carboxylic acids is 1. The van der Waals surface area contributed by atoms with E-state index < -0.39 is 18.2 Å². The van der Waals surface area contributed by atoms with Crippen molar-refractivity contribution in [3.05, 3.63) is 35.9 Å². The molecule has 0 spiro atoms. The monoisotopic (exact) mass is 276 g/mol. The second-order valence-electron chi connectivity index (χ2n) is 5.39. The fraction of sp³-hybridized carbons (Fsp3) is 0.438. The predicted octanol–water partition coefficient (Wildman–Crippen LogP) is 2.50. The Bertz CT molecular complexity index is 495. The Hall–Kier alpha value is -1.81. The summed E-state index contributed by atoms with van der Waals surface area (Å²) in [6.07, 6.45) is 4.27. The molecule has 0 amide bonds. The molecule has 0 bridgehead atoms. The summed E-state index contributed by atoms with van der Waals surface area (Å²) in [4.78, 5) is 11.7. The van der Waals surface area contributed by atoms with Crippen LogP contribution in [0.5, 0.6) is 5.75 Å². The largest absolute Gasteiger partial charge is 0.508 e. The molecule has 20 heavy (non-hydrogen) atoms. The lowest BCUT2D eigenvalue weighted by atomic mass is 9.86. The van der Waals surface area contributed by atoms with Crippen LogP contribution in [-0.4, -0.2) is 28.4 Å². The standard InChI is InChI=1S/C16H20O4/c1-11-5-7-14(18)15(9-11)20-16(19)8-6-12-3-2-4-13(17)10-12/h2-4,6,8,10-11,14-15,17-18H,5,7,9H2,1H3/b8-6+/t11?,14-,15?/m0/s1. The number of esters is 1. The van der Waals surface area contributed by atoms with E-state index in [1.54, 1.807) is 30.3 Å². The fourth-order valence-electron chi connectivity index (χ4n) is 2.42. The van der Waals surface area contributed by atoms with Gasteiger partial charge in [0.05, 0.1) is 6.10 Å². The molecule has 0 aromatic heterocycles. The number of phenols is 1.